The van der Waals surface area contributed by atoms with Crippen LogP contribution in [-0.2, 0) is 16.9 Å². The van der Waals surface area contributed by atoms with Crippen LogP contribution in [0.2, 0.25) is 0 Å². The molecule has 190 valence electrons. The van der Waals surface area contributed by atoms with E-state index in [2.05, 4.69) is 19.9 Å². The first-order valence-electron chi connectivity index (χ1n) is 9.55. The van der Waals surface area contributed by atoms with Crippen LogP contribution >= 0.6 is 0 Å². The Morgan fingerprint density at radius 3 is 2.06 bits per heavy atom. The van der Waals surface area contributed by atoms with Gasteiger partial charge in [-0.3, -0.25) is 0 Å². The largest absolute Gasteiger partial charge is 0.434 e. The number of sulfone groups is 1. The summed E-state index contributed by atoms with van der Waals surface area (Å²) in [7, 11) is -3.26. The van der Waals surface area contributed by atoms with E-state index in [1.165, 1.54) is 31.5 Å². The zero-order chi connectivity index (χ0) is 26.4. The number of pyridine rings is 1. The van der Waals surface area contributed by atoms with Crippen molar-refractivity contribution in [2.24, 2.45) is 7.05 Å². The molecule has 16 heteroatoms. The minimum absolute atomic E-state index is 0.00363. The third-order valence-electron chi connectivity index (χ3n) is 5.04. The van der Waals surface area contributed by atoms with E-state index < -0.39 is 61.9 Å². The number of hydrogen-bond acceptors (Lipinski definition) is 6. The van der Waals surface area contributed by atoms with Gasteiger partial charge in [-0.1, -0.05) is 6.92 Å². The fourth-order valence-electron chi connectivity index (χ4n) is 3.10. The monoisotopic (exact) mass is 529 g/mol. The fraction of sp³-hybridized carbons (Fsp3) is 0.368. The van der Waals surface area contributed by atoms with Crippen molar-refractivity contribution in [3.05, 3.63) is 42.5 Å². The average Bonchev–Trinajstić information content (AvgIpc) is 3.17. The Bertz CT molecular complexity index is 1310. The second-order valence-corrected chi connectivity index (χ2v) is 9.40. The van der Waals surface area contributed by atoms with Crippen molar-refractivity contribution in [3.63, 3.8) is 0 Å². The summed E-state index contributed by atoms with van der Waals surface area (Å²) in [5, 5.41) is 0. The molecule has 0 fully saturated rings. The number of hydrogen-bond donors (Lipinski definition) is 0. The Kier molecular flexibility index (Phi) is 6.65. The highest BCUT2D eigenvalue weighted by Crippen LogP contribution is 2.54. The molecule has 0 saturated carbocycles. The van der Waals surface area contributed by atoms with Crippen molar-refractivity contribution in [1.29, 1.82) is 0 Å². The standard InChI is InChI=1S/C19H15F8N5O2S/c1-3-35(33,34)12-6-5-10(15-28-7-4-8-29-15)31-13(12)16-30-9-11(32(16)2)14(20)17(21,18(22,23)24)19(25,26)27/h4-9,14H,3H2,1-2H3/t14-/m1/s1. The van der Waals surface area contributed by atoms with Crippen molar-refractivity contribution < 1.29 is 43.5 Å². The maximum atomic E-state index is 14.7. The van der Waals surface area contributed by atoms with Crippen LogP contribution in [0, 0.1) is 0 Å². The van der Waals surface area contributed by atoms with Gasteiger partial charge in [0.2, 0.25) is 0 Å². The van der Waals surface area contributed by atoms with E-state index in [-0.39, 0.29) is 17.7 Å². The summed E-state index contributed by atoms with van der Waals surface area (Å²) >= 11 is 0. The lowest BCUT2D eigenvalue weighted by atomic mass is 9.96. The van der Waals surface area contributed by atoms with Gasteiger partial charge >= 0.3 is 18.0 Å². The first kappa shape index (κ1) is 26.4. The van der Waals surface area contributed by atoms with E-state index in [1.54, 1.807) is 0 Å². The lowest BCUT2D eigenvalue weighted by Gasteiger charge is -2.32. The highest BCUT2D eigenvalue weighted by molar-refractivity contribution is 7.91. The van der Waals surface area contributed by atoms with Gasteiger partial charge < -0.3 is 4.57 Å². The summed E-state index contributed by atoms with van der Waals surface area (Å²) in [4.78, 5) is 15.0. The molecule has 0 radical (unpaired) electrons. The highest BCUT2D eigenvalue weighted by Gasteiger charge is 2.77. The lowest BCUT2D eigenvalue weighted by molar-refractivity contribution is -0.359. The second-order valence-electron chi connectivity index (χ2n) is 7.15. The minimum Gasteiger partial charge on any atom is -0.327 e. The van der Waals surface area contributed by atoms with E-state index in [9.17, 15) is 43.5 Å². The van der Waals surface area contributed by atoms with Gasteiger partial charge in [-0.05, 0) is 18.2 Å². The van der Waals surface area contributed by atoms with Crippen LogP contribution in [0.25, 0.3) is 23.0 Å². The third-order valence-corrected chi connectivity index (χ3v) is 6.80. The molecule has 0 amide bonds. The molecule has 0 bridgehead atoms. The first-order valence-corrected chi connectivity index (χ1v) is 11.2. The Hall–Kier alpha value is -3.17. The minimum atomic E-state index is -6.66. The van der Waals surface area contributed by atoms with Crippen molar-refractivity contribution >= 4 is 9.84 Å². The van der Waals surface area contributed by atoms with Crippen molar-refractivity contribution in [1.82, 2.24) is 24.5 Å². The molecule has 3 aromatic heterocycles. The molecule has 0 N–H and O–H groups in total. The summed E-state index contributed by atoms with van der Waals surface area (Å²) in [5.41, 5.74) is -8.25. The molecule has 0 aliphatic heterocycles. The van der Waals surface area contributed by atoms with Gasteiger partial charge in [0, 0.05) is 19.4 Å². The van der Waals surface area contributed by atoms with Crippen LogP contribution < -0.4 is 0 Å². The predicted molar refractivity (Wildman–Crippen MR) is 105 cm³/mol. The number of imidazole rings is 1. The zero-order valence-corrected chi connectivity index (χ0v) is 18.5. The van der Waals surface area contributed by atoms with Crippen molar-refractivity contribution in [2.45, 2.75) is 36.0 Å². The first-order chi connectivity index (χ1) is 16.1. The lowest BCUT2D eigenvalue weighted by Crippen LogP contribution is -2.56. The molecular weight excluding hydrogens is 514 g/mol. The number of aromatic nitrogens is 5. The maximum Gasteiger partial charge on any atom is 0.434 e. The van der Waals surface area contributed by atoms with Crippen LogP contribution in [0.4, 0.5) is 35.1 Å². The zero-order valence-electron chi connectivity index (χ0n) is 17.7. The number of nitrogens with zero attached hydrogens (tertiary/aromatic N) is 5. The van der Waals surface area contributed by atoms with Gasteiger partial charge in [0.15, 0.2) is 27.7 Å². The molecule has 0 unspecified atom stereocenters. The summed E-state index contributed by atoms with van der Waals surface area (Å²) < 4.78 is 133. The van der Waals surface area contributed by atoms with Gasteiger partial charge in [0.05, 0.1) is 22.5 Å². The topological polar surface area (TPSA) is 90.6 Å². The van der Waals surface area contributed by atoms with Crippen LogP contribution in [0.15, 0.2) is 41.7 Å². The number of alkyl halides is 8. The molecular formula is C19H15F8N5O2S. The van der Waals surface area contributed by atoms with E-state index in [1.807, 2.05) is 0 Å². The molecule has 0 saturated heterocycles. The van der Waals surface area contributed by atoms with Crippen LogP contribution in [0.5, 0.6) is 0 Å². The van der Waals surface area contributed by atoms with E-state index in [0.717, 1.165) is 13.1 Å². The second kappa shape index (κ2) is 8.80. The normalized spacial score (nSPS) is 14.2. The summed E-state index contributed by atoms with van der Waals surface area (Å²) in [6, 6.07) is 3.76. The maximum absolute atomic E-state index is 14.7. The van der Waals surface area contributed by atoms with Crippen LogP contribution in [0.3, 0.4) is 0 Å². The highest BCUT2D eigenvalue weighted by atomic mass is 32.2. The molecule has 3 aromatic rings. The van der Waals surface area contributed by atoms with Crippen LogP contribution in [0.1, 0.15) is 18.8 Å². The molecule has 7 nitrogen and oxygen atoms in total. The smallest absolute Gasteiger partial charge is 0.327 e. The van der Waals surface area contributed by atoms with Gasteiger partial charge in [0.1, 0.15) is 11.4 Å². The van der Waals surface area contributed by atoms with Gasteiger partial charge in [-0.15, -0.1) is 0 Å². The Morgan fingerprint density at radius 1 is 0.971 bits per heavy atom. The molecule has 0 aromatic carbocycles. The van der Waals surface area contributed by atoms with Gasteiger partial charge in [0.25, 0.3) is 0 Å². The third kappa shape index (κ3) is 4.46. The molecule has 3 heterocycles. The Balaban J connectivity index is 2.25. The van der Waals surface area contributed by atoms with E-state index >= 15 is 0 Å². The van der Waals surface area contributed by atoms with Gasteiger partial charge in [-0.25, -0.2) is 37.1 Å². The Labute approximate surface area is 192 Å². The Morgan fingerprint density at radius 2 is 1.54 bits per heavy atom. The van der Waals surface area contributed by atoms with Gasteiger partial charge in [-0.2, -0.15) is 26.3 Å². The molecule has 0 spiro atoms. The summed E-state index contributed by atoms with van der Waals surface area (Å²) in [6.45, 7) is 1.28. The molecule has 0 aliphatic carbocycles. The predicted octanol–water partition coefficient (Wildman–Crippen LogP) is 4.58. The van der Waals surface area contributed by atoms with E-state index in [0.29, 0.717) is 4.57 Å². The summed E-state index contributed by atoms with van der Waals surface area (Å²) in [6.07, 6.45) is -14.7. The van der Waals surface area contributed by atoms with E-state index in [4.69, 9.17) is 0 Å². The van der Waals surface area contributed by atoms with Crippen molar-refractivity contribution in [2.75, 3.05) is 5.75 Å². The number of halogens is 8. The average molecular weight is 529 g/mol. The molecule has 3 rings (SSSR count). The van der Waals surface area contributed by atoms with Crippen LogP contribution in [-0.4, -0.2) is 56.7 Å². The molecule has 0 aliphatic rings. The fourth-order valence-corrected chi connectivity index (χ4v) is 4.12. The molecule has 1 atom stereocenters. The SMILES string of the molecule is CCS(=O)(=O)c1ccc(-c2ncccn2)nc1-c1ncc([C@@H](F)C(F)(C(F)(F)F)C(F)(F)F)n1C. The quantitative estimate of drug-likeness (QED) is 0.435. The summed E-state index contributed by atoms with van der Waals surface area (Å²) in [5.74, 6) is -1.08. The number of rotatable bonds is 6. The van der Waals surface area contributed by atoms with Crippen molar-refractivity contribution in [3.8, 4) is 23.0 Å². The molecule has 35 heavy (non-hydrogen) atoms.